The van der Waals surface area contributed by atoms with E-state index in [0.29, 0.717) is 30.9 Å². The van der Waals surface area contributed by atoms with Crippen molar-refractivity contribution in [1.29, 1.82) is 0 Å². The molecule has 1 N–H and O–H groups in total. The van der Waals surface area contributed by atoms with Crippen LogP contribution in [0.5, 0.6) is 5.75 Å². The lowest BCUT2D eigenvalue weighted by Gasteiger charge is -2.40. The van der Waals surface area contributed by atoms with Crippen LogP contribution in [0.1, 0.15) is 24.8 Å². The Kier molecular flexibility index (Phi) is 4.15. The summed E-state index contributed by atoms with van der Waals surface area (Å²) in [6.07, 6.45) is 2.34. The molecule has 1 aliphatic carbocycles. The third-order valence-corrected chi connectivity index (χ3v) is 4.41. The smallest absolute Gasteiger partial charge is 0.172 e. The lowest BCUT2D eigenvalue weighted by atomic mass is 9.87. The molecule has 1 aromatic carbocycles. The van der Waals surface area contributed by atoms with E-state index in [4.69, 9.17) is 14.2 Å². The molecule has 4 nitrogen and oxygen atoms in total. The fourth-order valence-electron chi connectivity index (χ4n) is 3.15. The van der Waals surface area contributed by atoms with Gasteiger partial charge in [0.25, 0.3) is 0 Å². The molecule has 1 heterocycles. The summed E-state index contributed by atoms with van der Waals surface area (Å²) < 4.78 is 31.2. The van der Waals surface area contributed by atoms with Gasteiger partial charge in [-0.1, -0.05) is 6.07 Å². The summed E-state index contributed by atoms with van der Waals surface area (Å²) in [6, 6.07) is 5.20. The zero-order chi connectivity index (χ0) is 14.9. The number of nitrogens with one attached hydrogen (secondary N) is 1. The molecular formula is C16H22FNO3. The molecule has 2 fully saturated rings. The van der Waals surface area contributed by atoms with E-state index in [-0.39, 0.29) is 18.0 Å². The monoisotopic (exact) mass is 295 g/mol. The first-order valence-electron chi connectivity index (χ1n) is 7.50. The van der Waals surface area contributed by atoms with Crippen molar-refractivity contribution >= 4 is 0 Å². The number of aryl methyl sites for hydroxylation is 1. The Labute approximate surface area is 124 Å². The van der Waals surface area contributed by atoms with Gasteiger partial charge in [-0.15, -0.1) is 0 Å². The van der Waals surface area contributed by atoms with Gasteiger partial charge < -0.3 is 19.5 Å². The van der Waals surface area contributed by atoms with Gasteiger partial charge in [-0.05, 0) is 32.0 Å². The minimum absolute atomic E-state index is 0.0936. The molecule has 116 valence electrons. The van der Waals surface area contributed by atoms with Crippen molar-refractivity contribution < 1.29 is 18.6 Å². The lowest BCUT2D eigenvalue weighted by Crippen LogP contribution is -2.52. The third-order valence-electron chi connectivity index (χ3n) is 4.41. The molecule has 1 saturated carbocycles. The van der Waals surface area contributed by atoms with Crippen LogP contribution in [0.4, 0.5) is 4.39 Å². The van der Waals surface area contributed by atoms with Crippen LogP contribution in [-0.2, 0) is 9.47 Å². The van der Waals surface area contributed by atoms with Crippen LogP contribution in [0.25, 0.3) is 0 Å². The van der Waals surface area contributed by atoms with E-state index >= 15 is 0 Å². The van der Waals surface area contributed by atoms with Crippen LogP contribution >= 0.6 is 0 Å². The zero-order valence-corrected chi connectivity index (χ0v) is 12.5. The quantitative estimate of drug-likeness (QED) is 0.929. The molecule has 1 aliphatic heterocycles. The maximum Gasteiger partial charge on any atom is 0.172 e. The normalized spacial score (nSPS) is 28.0. The fraction of sp³-hybridized carbons (Fsp3) is 0.625. The molecule has 0 amide bonds. The lowest BCUT2D eigenvalue weighted by molar-refractivity contribution is -0.196. The number of benzene rings is 1. The molecule has 21 heavy (non-hydrogen) atoms. The number of hydrogen-bond acceptors (Lipinski definition) is 4. The van der Waals surface area contributed by atoms with Gasteiger partial charge in [-0.25, -0.2) is 4.39 Å². The maximum absolute atomic E-state index is 13.7. The SMILES string of the molecule is CNC1CCC2(CC1Oc1ccc(C)c(F)c1)OCCO2. The van der Waals surface area contributed by atoms with E-state index in [0.717, 1.165) is 12.8 Å². The van der Waals surface area contributed by atoms with Crippen molar-refractivity contribution in [2.24, 2.45) is 0 Å². The van der Waals surface area contributed by atoms with Crippen LogP contribution in [0.2, 0.25) is 0 Å². The summed E-state index contributed by atoms with van der Waals surface area (Å²) >= 11 is 0. The minimum atomic E-state index is -0.513. The fourth-order valence-corrected chi connectivity index (χ4v) is 3.15. The number of rotatable bonds is 3. The first-order chi connectivity index (χ1) is 10.1. The summed E-state index contributed by atoms with van der Waals surface area (Å²) in [6.45, 7) is 3.01. The van der Waals surface area contributed by atoms with Gasteiger partial charge in [0.2, 0.25) is 0 Å². The van der Waals surface area contributed by atoms with Crippen LogP contribution in [-0.4, -0.2) is 38.2 Å². The first kappa shape index (κ1) is 14.8. The zero-order valence-electron chi connectivity index (χ0n) is 12.5. The van der Waals surface area contributed by atoms with Crippen LogP contribution in [0.3, 0.4) is 0 Å². The summed E-state index contributed by atoms with van der Waals surface area (Å²) in [7, 11) is 1.92. The van der Waals surface area contributed by atoms with Crippen molar-refractivity contribution in [3.63, 3.8) is 0 Å². The molecule has 0 radical (unpaired) electrons. The highest BCUT2D eigenvalue weighted by molar-refractivity contribution is 5.28. The van der Waals surface area contributed by atoms with Gasteiger partial charge in [0, 0.05) is 24.9 Å². The van der Waals surface area contributed by atoms with Crippen LogP contribution in [0.15, 0.2) is 18.2 Å². The molecule has 0 bridgehead atoms. The Balaban J connectivity index is 1.75. The van der Waals surface area contributed by atoms with Crippen LogP contribution < -0.4 is 10.1 Å². The molecule has 1 spiro atoms. The van der Waals surface area contributed by atoms with E-state index < -0.39 is 5.79 Å². The topological polar surface area (TPSA) is 39.7 Å². The molecule has 1 saturated heterocycles. The van der Waals surface area contributed by atoms with E-state index in [1.54, 1.807) is 13.0 Å². The predicted molar refractivity (Wildman–Crippen MR) is 76.9 cm³/mol. The molecule has 3 rings (SSSR count). The Hall–Kier alpha value is -1.17. The summed E-state index contributed by atoms with van der Waals surface area (Å²) in [5.41, 5.74) is 0.620. The van der Waals surface area contributed by atoms with Crippen molar-refractivity contribution in [2.45, 2.75) is 44.1 Å². The molecule has 2 unspecified atom stereocenters. The summed E-state index contributed by atoms with van der Waals surface area (Å²) in [5.74, 6) is -0.202. The number of ether oxygens (including phenoxy) is 3. The van der Waals surface area contributed by atoms with E-state index in [9.17, 15) is 4.39 Å². The molecular weight excluding hydrogens is 273 g/mol. The maximum atomic E-state index is 13.7. The standard InChI is InChI=1S/C16H22FNO3/c1-11-3-4-12(9-13(11)17)21-15-10-16(19-7-8-20-16)6-5-14(15)18-2/h3-4,9,14-15,18H,5-8,10H2,1-2H3. The van der Waals surface area contributed by atoms with E-state index in [1.165, 1.54) is 6.07 Å². The summed E-state index contributed by atoms with van der Waals surface area (Å²) in [5, 5.41) is 3.28. The molecule has 2 aliphatic rings. The largest absolute Gasteiger partial charge is 0.488 e. The minimum Gasteiger partial charge on any atom is -0.488 e. The second kappa shape index (κ2) is 5.91. The average Bonchev–Trinajstić information content (AvgIpc) is 2.91. The Morgan fingerprint density at radius 2 is 2.10 bits per heavy atom. The van der Waals surface area contributed by atoms with Crippen molar-refractivity contribution in [3.8, 4) is 5.75 Å². The van der Waals surface area contributed by atoms with Crippen molar-refractivity contribution in [1.82, 2.24) is 5.32 Å². The van der Waals surface area contributed by atoms with Gasteiger partial charge in [0.05, 0.1) is 13.2 Å². The Morgan fingerprint density at radius 1 is 1.33 bits per heavy atom. The summed E-state index contributed by atoms with van der Waals surface area (Å²) in [4.78, 5) is 0. The van der Waals surface area contributed by atoms with Gasteiger partial charge in [-0.2, -0.15) is 0 Å². The second-order valence-electron chi connectivity index (χ2n) is 5.81. The molecule has 0 aromatic heterocycles. The van der Waals surface area contributed by atoms with Crippen LogP contribution in [0, 0.1) is 12.7 Å². The van der Waals surface area contributed by atoms with Crippen molar-refractivity contribution in [2.75, 3.05) is 20.3 Å². The highest BCUT2D eigenvalue weighted by Gasteiger charge is 2.45. The van der Waals surface area contributed by atoms with E-state index in [1.807, 2.05) is 13.1 Å². The number of hydrogen-bond donors (Lipinski definition) is 1. The molecule has 5 heteroatoms. The predicted octanol–water partition coefficient (Wildman–Crippen LogP) is 2.40. The Bertz CT molecular complexity index is 502. The van der Waals surface area contributed by atoms with E-state index in [2.05, 4.69) is 5.32 Å². The van der Waals surface area contributed by atoms with Gasteiger partial charge in [0.1, 0.15) is 17.7 Å². The Morgan fingerprint density at radius 3 is 2.76 bits per heavy atom. The van der Waals surface area contributed by atoms with Gasteiger partial charge in [0.15, 0.2) is 5.79 Å². The molecule has 2 atom stereocenters. The second-order valence-corrected chi connectivity index (χ2v) is 5.81. The first-order valence-corrected chi connectivity index (χ1v) is 7.50. The third kappa shape index (κ3) is 3.05. The average molecular weight is 295 g/mol. The molecule has 1 aromatic rings. The van der Waals surface area contributed by atoms with Crippen molar-refractivity contribution in [3.05, 3.63) is 29.6 Å². The van der Waals surface area contributed by atoms with Gasteiger partial charge in [-0.3, -0.25) is 0 Å². The highest BCUT2D eigenvalue weighted by Crippen LogP contribution is 2.37. The number of likely N-dealkylation sites (N-methyl/N-ethyl adjacent to an activating group) is 1. The highest BCUT2D eigenvalue weighted by atomic mass is 19.1. The van der Waals surface area contributed by atoms with Gasteiger partial charge >= 0.3 is 0 Å². The number of halogens is 1.